The molecule has 3 atom stereocenters. The van der Waals surface area contributed by atoms with Gasteiger partial charge in [0, 0.05) is 30.6 Å². The van der Waals surface area contributed by atoms with Crippen LogP contribution in [0.3, 0.4) is 0 Å². The number of hydrogen-bond donors (Lipinski definition) is 1. The number of aryl methyl sites for hydroxylation is 1. The molecule has 1 aliphatic carbocycles. The molecule has 1 spiro atoms. The van der Waals surface area contributed by atoms with Crippen LogP contribution in [0.2, 0.25) is 0 Å². The summed E-state index contributed by atoms with van der Waals surface area (Å²) >= 11 is 0. The van der Waals surface area contributed by atoms with Gasteiger partial charge in [0.05, 0.1) is 12.2 Å². The lowest BCUT2D eigenvalue weighted by Gasteiger charge is -2.40. The maximum atomic E-state index is 11.2. The third kappa shape index (κ3) is 6.61. The Morgan fingerprint density at radius 3 is 2.25 bits per heavy atom. The summed E-state index contributed by atoms with van der Waals surface area (Å²) < 4.78 is 6.09. The maximum Gasteiger partial charge on any atom is 0.125 e. The van der Waals surface area contributed by atoms with E-state index >= 15 is 0 Å². The number of aromatic hydroxyl groups is 1. The summed E-state index contributed by atoms with van der Waals surface area (Å²) in [6, 6.07) is 25.9. The molecule has 214 valence electrons. The van der Waals surface area contributed by atoms with Crippen LogP contribution < -0.4 is 4.90 Å². The number of phenolic OH excluding ortho intramolecular Hbond substituents is 1. The number of hydrogen-bond acceptors (Lipinski definition) is 4. The molecule has 3 aromatic rings. The zero-order valence-electron chi connectivity index (χ0n) is 24.8. The van der Waals surface area contributed by atoms with Crippen LogP contribution in [0, 0.1) is 5.92 Å². The molecular formula is C36H47NO3. The Morgan fingerprint density at radius 1 is 0.950 bits per heavy atom. The van der Waals surface area contributed by atoms with Crippen molar-refractivity contribution < 1.29 is 14.6 Å². The second-order valence-corrected chi connectivity index (χ2v) is 11.3. The predicted octanol–water partition coefficient (Wildman–Crippen LogP) is 8.27. The SMILES string of the molecule is CC.CCC.O=CC1COC2(CCN(c3ccc(C4c5ccc(O)cc5CCC4c4ccccc4)cc3)CC2)C1. The van der Waals surface area contributed by atoms with Crippen molar-refractivity contribution in [2.24, 2.45) is 5.92 Å². The number of anilines is 1. The number of rotatable bonds is 4. The van der Waals surface area contributed by atoms with Gasteiger partial charge in [-0.3, -0.25) is 0 Å². The quantitative estimate of drug-likeness (QED) is 0.338. The van der Waals surface area contributed by atoms with Gasteiger partial charge in [0.2, 0.25) is 0 Å². The Morgan fingerprint density at radius 2 is 1.62 bits per heavy atom. The number of fused-ring (bicyclic) bond motifs is 1. The highest BCUT2D eigenvalue weighted by Crippen LogP contribution is 2.47. The lowest BCUT2D eigenvalue weighted by Crippen LogP contribution is -2.44. The summed E-state index contributed by atoms with van der Waals surface area (Å²) in [5.41, 5.74) is 6.47. The van der Waals surface area contributed by atoms with E-state index in [1.807, 2.05) is 26.0 Å². The minimum atomic E-state index is -0.0950. The van der Waals surface area contributed by atoms with Crippen molar-refractivity contribution in [3.8, 4) is 5.75 Å². The molecular weight excluding hydrogens is 494 g/mol. The number of benzene rings is 3. The molecule has 4 heteroatoms. The van der Waals surface area contributed by atoms with Crippen molar-refractivity contribution in [3.63, 3.8) is 0 Å². The van der Waals surface area contributed by atoms with E-state index in [0.717, 1.165) is 51.5 Å². The second kappa shape index (κ2) is 14.0. The Labute approximate surface area is 241 Å². The standard InChI is InChI=1S/C31H33NO3.C3H8.C2H6/c33-20-22-19-31(35-21-22)14-16-32(17-15-31)26-9-6-24(7-10-26)30-28(23-4-2-1-3-5-23)12-8-25-18-27(34)11-13-29(25)30;1-3-2;1-2/h1-7,9-11,13,18,20,22,28,30,34H,8,12,14-17,19,21H2;3H2,1-2H3;1-2H3. The summed E-state index contributed by atoms with van der Waals surface area (Å²) in [5.74, 6) is 1.11. The highest BCUT2D eigenvalue weighted by atomic mass is 16.5. The molecule has 6 rings (SSSR count). The summed E-state index contributed by atoms with van der Waals surface area (Å²) in [7, 11) is 0. The minimum Gasteiger partial charge on any atom is -0.508 e. The summed E-state index contributed by atoms with van der Waals surface area (Å²) in [5, 5.41) is 10.1. The molecule has 0 aromatic heterocycles. The highest BCUT2D eigenvalue weighted by molar-refractivity contribution is 5.55. The fourth-order valence-electron chi connectivity index (χ4n) is 6.66. The Bertz CT molecular complexity index is 1200. The van der Waals surface area contributed by atoms with Gasteiger partial charge in [-0.25, -0.2) is 0 Å². The number of carbonyl (C=O) groups excluding carboxylic acids is 1. The number of carbonyl (C=O) groups is 1. The molecule has 40 heavy (non-hydrogen) atoms. The van der Waals surface area contributed by atoms with Crippen molar-refractivity contribution >= 4 is 12.0 Å². The zero-order chi connectivity index (χ0) is 28.5. The highest BCUT2D eigenvalue weighted by Gasteiger charge is 2.42. The first-order chi connectivity index (χ1) is 19.6. The van der Waals surface area contributed by atoms with Crippen molar-refractivity contribution in [2.75, 3.05) is 24.6 Å². The van der Waals surface area contributed by atoms with Crippen molar-refractivity contribution in [3.05, 3.63) is 95.1 Å². The van der Waals surface area contributed by atoms with Gasteiger partial charge in [0.15, 0.2) is 0 Å². The largest absolute Gasteiger partial charge is 0.508 e. The van der Waals surface area contributed by atoms with Gasteiger partial charge in [-0.1, -0.05) is 82.6 Å². The molecule has 0 bridgehead atoms. The first kappa shape index (κ1) is 29.9. The van der Waals surface area contributed by atoms with Crippen molar-refractivity contribution in [1.82, 2.24) is 0 Å². The zero-order valence-corrected chi connectivity index (χ0v) is 24.8. The molecule has 2 saturated heterocycles. The molecule has 3 unspecified atom stereocenters. The van der Waals surface area contributed by atoms with Gasteiger partial charge in [-0.15, -0.1) is 0 Å². The van der Waals surface area contributed by atoms with E-state index in [0.29, 0.717) is 18.3 Å². The molecule has 4 nitrogen and oxygen atoms in total. The lowest BCUT2D eigenvalue weighted by atomic mass is 9.69. The Kier molecular flexibility index (Phi) is 10.4. The fraction of sp³-hybridized carbons (Fsp3) is 0.472. The van der Waals surface area contributed by atoms with Crippen LogP contribution in [0.15, 0.2) is 72.8 Å². The average Bonchev–Trinajstić information content (AvgIpc) is 3.41. The van der Waals surface area contributed by atoms with Gasteiger partial charge in [-0.2, -0.15) is 0 Å². The molecule has 3 aromatic carbocycles. The van der Waals surface area contributed by atoms with E-state index in [2.05, 4.69) is 79.4 Å². The van der Waals surface area contributed by atoms with E-state index in [1.165, 1.54) is 34.4 Å². The van der Waals surface area contributed by atoms with Gasteiger partial charge in [-0.05, 0) is 84.5 Å². The minimum absolute atomic E-state index is 0.0682. The van der Waals surface area contributed by atoms with Gasteiger partial charge in [0.25, 0.3) is 0 Å². The second-order valence-electron chi connectivity index (χ2n) is 11.3. The van der Waals surface area contributed by atoms with Gasteiger partial charge < -0.3 is 19.5 Å². The van der Waals surface area contributed by atoms with Crippen molar-refractivity contribution in [2.45, 2.75) is 83.7 Å². The van der Waals surface area contributed by atoms with Crippen LogP contribution in [-0.4, -0.2) is 36.7 Å². The average molecular weight is 542 g/mol. The van der Waals surface area contributed by atoms with Crippen LogP contribution in [0.25, 0.3) is 0 Å². The molecule has 2 heterocycles. The smallest absolute Gasteiger partial charge is 0.125 e. The van der Waals surface area contributed by atoms with Crippen LogP contribution in [0.5, 0.6) is 5.75 Å². The van der Waals surface area contributed by atoms with Crippen LogP contribution in [0.1, 0.15) is 93.9 Å². The van der Waals surface area contributed by atoms with Gasteiger partial charge in [0.1, 0.15) is 12.0 Å². The first-order valence-electron chi connectivity index (χ1n) is 15.4. The Hall–Kier alpha value is -3.11. The summed E-state index contributed by atoms with van der Waals surface area (Å²) in [4.78, 5) is 13.6. The van der Waals surface area contributed by atoms with Crippen molar-refractivity contribution in [1.29, 1.82) is 0 Å². The molecule has 0 radical (unpaired) electrons. The normalized spacial score (nSPS) is 22.8. The van der Waals surface area contributed by atoms with E-state index in [-0.39, 0.29) is 17.4 Å². The number of ether oxygens (including phenoxy) is 1. The number of aldehydes is 1. The van der Waals surface area contributed by atoms with E-state index in [4.69, 9.17) is 4.74 Å². The molecule has 1 N–H and O–H groups in total. The monoisotopic (exact) mass is 541 g/mol. The molecule has 2 fully saturated rings. The molecule has 3 aliphatic rings. The lowest BCUT2D eigenvalue weighted by molar-refractivity contribution is -0.111. The van der Waals surface area contributed by atoms with E-state index in [1.54, 1.807) is 0 Å². The summed E-state index contributed by atoms with van der Waals surface area (Å²) in [6.07, 6.45) is 7.21. The molecule has 0 saturated carbocycles. The van der Waals surface area contributed by atoms with Gasteiger partial charge >= 0.3 is 0 Å². The number of phenols is 1. The number of piperidine rings is 1. The molecule has 0 amide bonds. The third-order valence-corrected chi connectivity index (χ3v) is 8.54. The first-order valence-corrected chi connectivity index (χ1v) is 15.4. The maximum absolute atomic E-state index is 11.2. The Balaban J connectivity index is 0.000000695. The fourth-order valence-corrected chi connectivity index (χ4v) is 6.66. The van der Waals surface area contributed by atoms with Crippen LogP contribution in [-0.2, 0) is 16.0 Å². The van der Waals surface area contributed by atoms with Crippen LogP contribution in [0.4, 0.5) is 5.69 Å². The van der Waals surface area contributed by atoms with Crippen LogP contribution >= 0.6 is 0 Å². The van der Waals surface area contributed by atoms with E-state index in [9.17, 15) is 9.90 Å². The number of nitrogens with zero attached hydrogens (tertiary/aromatic N) is 1. The summed E-state index contributed by atoms with van der Waals surface area (Å²) in [6.45, 7) is 10.8. The topological polar surface area (TPSA) is 49.8 Å². The third-order valence-electron chi connectivity index (χ3n) is 8.54. The van der Waals surface area contributed by atoms with E-state index < -0.39 is 0 Å². The predicted molar refractivity (Wildman–Crippen MR) is 166 cm³/mol. The molecule has 2 aliphatic heterocycles.